The van der Waals surface area contributed by atoms with Gasteiger partial charge in [-0.25, -0.2) is 4.39 Å². The van der Waals surface area contributed by atoms with E-state index < -0.39 is 5.82 Å². The average molecular weight is 377 g/mol. The first-order valence-corrected chi connectivity index (χ1v) is 7.61. The third-order valence-corrected chi connectivity index (χ3v) is 4.66. The van der Waals surface area contributed by atoms with Crippen LogP contribution in [0.3, 0.4) is 0 Å². The van der Waals surface area contributed by atoms with Crippen LogP contribution in [0.5, 0.6) is 0 Å². The Morgan fingerprint density at radius 2 is 1.90 bits per heavy atom. The Morgan fingerprint density at radius 1 is 1.20 bits per heavy atom. The van der Waals surface area contributed by atoms with E-state index in [9.17, 15) is 4.39 Å². The second-order valence-corrected chi connectivity index (χ2v) is 6.23. The first-order valence-electron chi connectivity index (χ1n) is 6.06. The molecule has 0 saturated carbocycles. The molecular formula is C15H13BrCl2FN. The van der Waals surface area contributed by atoms with Crippen LogP contribution in [0.4, 0.5) is 10.1 Å². The second-order valence-electron chi connectivity index (χ2n) is 4.59. The van der Waals surface area contributed by atoms with Crippen molar-refractivity contribution in [2.45, 2.75) is 19.9 Å². The number of rotatable bonds is 3. The summed E-state index contributed by atoms with van der Waals surface area (Å²) >= 11 is 15.6. The molecule has 0 radical (unpaired) electrons. The standard InChI is InChI=1S/C15H13BrCl2FN/c1-8-7-10(3-4-11(8)16)20-9(2)14-12(17)5-6-13(19)15(14)18/h3-7,9,20H,1-2H3. The summed E-state index contributed by atoms with van der Waals surface area (Å²) in [5.41, 5.74) is 2.60. The molecule has 0 aliphatic heterocycles. The fraction of sp³-hybridized carbons (Fsp3) is 0.200. The Labute approximate surface area is 136 Å². The molecule has 1 unspecified atom stereocenters. The van der Waals surface area contributed by atoms with E-state index in [1.807, 2.05) is 32.0 Å². The maximum absolute atomic E-state index is 13.6. The summed E-state index contributed by atoms with van der Waals surface area (Å²) in [5, 5.41) is 3.79. The first-order chi connectivity index (χ1) is 9.40. The van der Waals surface area contributed by atoms with Gasteiger partial charge in [0.25, 0.3) is 0 Å². The first kappa shape index (κ1) is 15.6. The largest absolute Gasteiger partial charge is 0.378 e. The monoisotopic (exact) mass is 375 g/mol. The van der Waals surface area contributed by atoms with Crippen LogP contribution in [0.1, 0.15) is 24.1 Å². The van der Waals surface area contributed by atoms with E-state index in [1.165, 1.54) is 12.1 Å². The molecule has 106 valence electrons. The van der Waals surface area contributed by atoms with E-state index in [2.05, 4.69) is 21.2 Å². The molecular weight excluding hydrogens is 364 g/mol. The van der Waals surface area contributed by atoms with Crippen molar-refractivity contribution in [3.63, 3.8) is 0 Å². The Kier molecular flexibility index (Phi) is 4.95. The number of halogens is 4. The molecule has 0 aromatic heterocycles. The smallest absolute Gasteiger partial charge is 0.142 e. The molecule has 2 aromatic carbocycles. The molecule has 1 atom stereocenters. The van der Waals surface area contributed by atoms with Gasteiger partial charge in [-0.3, -0.25) is 0 Å². The predicted molar refractivity (Wildman–Crippen MR) is 87.3 cm³/mol. The topological polar surface area (TPSA) is 12.0 Å². The minimum Gasteiger partial charge on any atom is -0.378 e. The van der Waals surface area contributed by atoms with Crippen molar-refractivity contribution in [1.29, 1.82) is 0 Å². The molecule has 2 aromatic rings. The van der Waals surface area contributed by atoms with Gasteiger partial charge in [-0.2, -0.15) is 0 Å². The number of nitrogens with one attached hydrogen (secondary N) is 1. The lowest BCUT2D eigenvalue weighted by Crippen LogP contribution is -2.08. The van der Waals surface area contributed by atoms with E-state index in [0.717, 1.165) is 15.7 Å². The van der Waals surface area contributed by atoms with Gasteiger partial charge in [0.2, 0.25) is 0 Å². The van der Waals surface area contributed by atoms with Gasteiger partial charge in [0, 0.05) is 20.7 Å². The quantitative estimate of drug-likeness (QED) is 0.613. The van der Waals surface area contributed by atoms with Gasteiger partial charge in [-0.1, -0.05) is 39.1 Å². The highest BCUT2D eigenvalue weighted by Gasteiger charge is 2.17. The lowest BCUT2D eigenvalue weighted by Gasteiger charge is -2.19. The van der Waals surface area contributed by atoms with Crippen LogP contribution >= 0.6 is 39.1 Å². The summed E-state index contributed by atoms with van der Waals surface area (Å²) in [6.07, 6.45) is 0. The number of benzene rings is 2. The van der Waals surface area contributed by atoms with Crippen LogP contribution in [0.2, 0.25) is 10.0 Å². The highest BCUT2D eigenvalue weighted by atomic mass is 79.9. The Morgan fingerprint density at radius 3 is 2.55 bits per heavy atom. The molecule has 2 rings (SSSR count). The molecule has 5 heteroatoms. The van der Waals surface area contributed by atoms with Crippen LogP contribution in [0, 0.1) is 12.7 Å². The van der Waals surface area contributed by atoms with E-state index in [0.29, 0.717) is 10.6 Å². The minimum absolute atomic E-state index is 0.0614. The fourth-order valence-corrected chi connectivity index (χ4v) is 2.94. The van der Waals surface area contributed by atoms with E-state index in [-0.39, 0.29) is 11.1 Å². The average Bonchev–Trinajstić information content (AvgIpc) is 2.39. The molecule has 0 heterocycles. The summed E-state index contributed by atoms with van der Waals surface area (Å²) < 4.78 is 14.6. The fourth-order valence-electron chi connectivity index (χ4n) is 2.00. The molecule has 0 bridgehead atoms. The zero-order valence-electron chi connectivity index (χ0n) is 11.0. The zero-order valence-corrected chi connectivity index (χ0v) is 14.1. The SMILES string of the molecule is Cc1cc(NC(C)c2c(Cl)ccc(F)c2Cl)ccc1Br. The van der Waals surface area contributed by atoms with E-state index in [4.69, 9.17) is 23.2 Å². The number of hydrogen-bond donors (Lipinski definition) is 1. The molecule has 0 spiro atoms. The summed E-state index contributed by atoms with van der Waals surface area (Å²) in [7, 11) is 0. The van der Waals surface area contributed by atoms with E-state index in [1.54, 1.807) is 0 Å². The second kappa shape index (κ2) is 6.33. The van der Waals surface area contributed by atoms with Gasteiger partial charge < -0.3 is 5.32 Å². The molecule has 0 fully saturated rings. The van der Waals surface area contributed by atoms with Crippen molar-refractivity contribution in [3.05, 3.63) is 61.8 Å². The van der Waals surface area contributed by atoms with Crippen molar-refractivity contribution in [1.82, 2.24) is 0 Å². The van der Waals surface area contributed by atoms with Gasteiger partial charge in [-0.15, -0.1) is 0 Å². The maximum atomic E-state index is 13.6. The lowest BCUT2D eigenvalue weighted by molar-refractivity contribution is 0.624. The summed E-state index contributed by atoms with van der Waals surface area (Å²) in [4.78, 5) is 0. The minimum atomic E-state index is -0.466. The summed E-state index contributed by atoms with van der Waals surface area (Å²) in [6, 6.07) is 8.48. The number of hydrogen-bond acceptors (Lipinski definition) is 1. The third-order valence-electron chi connectivity index (χ3n) is 3.05. The highest BCUT2D eigenvalue weighted by molar-refractivity contribution is 9.10. The van der Waals surface area contributed by atoms with Gasteiger partial charge in [0.05, 0.1) is 11.1 Å². The van der Waals surface area contributed by atoms with Crippen LogP contribution in [-0.4, -0.2) is 0 Å². The third kappa shape index (κ3) is 3.27. The van der Waals surface area contributed by atoms with Crippen LogP contribution in [-0.2, 0) is 0 Å². The lowest BCUT2D eigenvalue weighted by atomic mass is 10.1. The molecule has 1 N–H and O–H groups in total. The normalized spacial score (nSPS) is 12.3. The molecule has 20 heavy (non-hydrogen) atoms. The zero-order chi connectivity index (χ0) is 14.9. The molecule has 1 nitrogen and oxygen atoms in total. The van der Waals surface area contributed by atoms with Gasteiger partial charge >= 0.3 is 0 Å². The molecule has 0 aliphatic carbocycles. The van der Waals surface area contributed by atoms with Crippen molar-refractivity contribution < 1.29 is 4.39 Å². The van der Waals surface area contributed by atoms with Gasteiger partial charge in [0.1, 0.15) is 5.82 Å². The Balaban J connectivity index is 2.30. The van der Waals surface area contributed by atoms with Crippen LogP contribution < -0.4 is 5.32 Å². The number of aryl methyl sites for hydroxylation is 1. The molecule has 0 aliphatic rings. The number of anilines is 1. The maximum Gasteiger partial charge on any atom is 0.142 e. The summed E-state index contributed by atoms with van der Waals surface area (Å²) in [6.45, 7) is 3.89. The molecule has 0 saturated heterocycles. The van der Waals surface area contributed by atoms with E-state index >= 15 is 0 Å². The Hall–Kier alpha value is -0.770. The van der Waals surface area contributed by atoms with Crippen molar-refractivity contribution in [3.8, 4) is 0 Å². The van der Waals surface area contributed by atoms with Crippen molar-refractivity contribution in [2.75, 3.05) is 5.32 Å². The van der Waals surface area contributed by atoms with Crippen LogP contribution in [0.25, 0.3) is 0 Å². The summed E-state index contributed by atoms with van der Waals surface area (Å²) in [5.74, 6) is -0.466. The van der Waals surface area contributed by atoms with Crippen molar-refractivity contribution in [2.24, 2.45) is 0 Å². The van der Waals surface area contributed by atoms with Gasteiger partial charge in [-0.05, 0) is 49.7 Å². The predicted octanol–water partition coefficient (Wildman–Crippen LogP) is 6.38. The van der Waals surface area contributed by atoms with Gasteiger partial charge in [0.15, 0.2) is 0 Å². The van der Waals surface area contributed by atoms with Crippen molar-refractivity contribution >= 4 is 44.8 Å². The highest BCUT2D eigenvalue weighted by Crippen LogP contribution is 2.34. The molecule has 0 amide bonds. The van der Waals surface area contributed by atoms with Crippen LogP contribution in [0.15, 0.2) is 34.8 Å². The Bertz CT molecular complexity index is 646.